The lowest BCUT2D eigenvalue weighted by Gasteiger charge is -2.34. The van der Waals surface area contributed by atoms with E-state index in [1.807, 2.05) is 24.0 Å². The third-order valence-electron chi connectivity index (χ3n) is 5.45. The third kappa shape index (κ3) is 4.98. The molecule has 1 fully saturated rings. The first-order valence-electron chi connectivity index (χ1n) is 10.3. The van der Waals surface area contributed by atoms with Crippen molar-refractivity contribution >= 4 is 29.1 Å². The second-order valence-electron chi connectivity index (χ2n) is 7.66. The van der Waals surface area contributed by atoms with Crippen LogP contribution in [-0.4, -0.2) is 64.1 Å². The van der Waals surface area contributed by atoms with E-state index in [9.17, 15) is 14.0 Å². The Morgan fingerprint density at radius 3 is 2.50 bits per heavy atom. The molecule has 0 spiro atoms. The molecule has 2 amide bonds. The molecule has 1 saturated heterocycles. The minimum Gasteiger partial charge on any atom is -0.336 e. The Balaban J connectivity index is 1.33. The van der Waals surface area contributed by atoms with Gasteiger partial charge in [-0.15, -0.1) is 0 Å². The number of benzene rings is 2. The maximum atomic E-state index is 13.3. The zero-order valence-corrected chi connectivity index (χ0v) is 18.3. The van der Waals surface area contributed by atoms with Gasteiger partial charge in [0.1, 0.15) is 5.82 Å². The summed E-state index contributed by atoms with van der Waals surface area (Å²) in [4.78, 5) is 29.0. The van der Waals surface area contributed by atoms with Gasteiger partial charge in [0.25, 0.3) is 5.91 Å². The van der Waals surface area contributed by atoms with Crippen LogP contribution in [0.4, 0.5) is 10.1 Å². The van der Waals surface area contributed by atoms with Crippen molar-refractivity contribution in [2.24, 2.45) is 0 Å². The van der Waals surface area contributed by atoms with Crippen LogP contribution in [0, 0.1) is 12.7 Å². The standard InChI is InChI=1S/C23H23ClFN5O2/c1-16-21(14-26-30(16)20-7-5-17(24)6-8-20)23(32)29-11-9-28(10-12-29)15-22(31)27-19-4-2-3-18(25)13-19/h2-8,13-14H,9-12,15H2,1H3,(H,27,31). The molecule has 2 aromatic carbocycles. The Morgan fingerprint density at radius 1 is 1.09 bits per heavy atom. The molecule has 2 heterocycles. The molecule has 0 atom stereocenters. The third-order valence-corrected chi connectivity index (χ3v) is 5.70. The van der Waals surface area contributed by atoms with Crippen LogP contribution < -0.4 is 5.32 Å². The molecule has 9 heteroatoms. The molecule has 1 aliphatic heterocycles. The predicted molar refractivity (Wildman–Crippen MR) is 121 cm³/mol. The summed E-state index contributed by atoms with van der Waals surface area (Å²) < 4.78 is 15.0. The number of rotatable bonds is 5. The van der Waals surface area contributed by atoms with Crippen LogP contribution in [-0.2, 0) is 4.79 Å². The van der Waals surface area contributed by atoms with Gasteiger partial charge in [-0.25, -0.2) is 9.07 Å². The van der Waals surface area contributed by atoms with E-state index in [4.69, 9.17) is 11.6 Å². The Hall–Kier alpha value is -3.23. The lowest BCUT2D eigenvalue weighted by Crippen LogP contribution is -2.50. The Morgan fingerprint density at radius 2 is 1.81 bits per heavy atom. The van der Waals surface area contributed by atoms with Gasteiger partial charge < -0.3 is 10.2 Å². The minimum absolute atomic E-state index is 0.0772. The molecule has 32 heavy (non-hydrogen) atoms. The van der Waals surface area contributed by atoms with Gasteiger partial charge in [0, 0.05) is 36.9 Å². The summed E-state index contributed by atoms with van der Waals surface area (Å²) in [5.74, 6) is -0.688. The number of carbonyl (C=O) groups excluding carboxylic acids is 2. The number of carbonyl (C=O) groups is 2. The Kier molecular flexibility index (Phi) is 6.53. The van der Waals surface area contributed by atoms with Crippen molar-refractivity contribution < 1.29 is 14.0 Å². The van der Waals surface area contributed by atoms with Gasteiger partial charge in [-0.3, -0.25) is 14.5 Å². The average Bonchev–Trinajstić information content (AvgIpc) is 3.15. The largest absolute Gasteiger partial charge is 0.336 e. The van der Waals surface area contributed by atoms with Crippen molar-refractivity contribution in [3.63, 3.8) is 0 Å². The zero-order valence-electron chi connectivity index (χ0n) is 17.6. The summed E-state index contributed by atoms with van der Waals surface area (Å²) in [7, 11) is 0. The summed E-state index contributed by atoms with van der Waals surface area (Å²) in [6.07, 6.45) is 1.59. The van der Waals surface area contributed by atoms with E-state index in [1.54, 1.807) is 40.0 Å². The second kappa shape index (κ2) is 9.50. The molecular formula is C23H23ClFN5O2. The molecular weight excluding hydrogens is 433 g/mol. The number of hydrogen-bond donors (Lipinski definition) is 1. The average molecular weight is 456 g/mol. The van der Waals surface area contributed by atoms with Crippen LogP contribution in [0.2, 0.25) is 5.02 Å². The molecule has 0 saturated carbocycles. The zero-order chi connectivity index (χ0) is 22.7. The van der Waals surface area contributed by atoms with Crippen LogP contribution >= 0.6 is 11.6 Å². The number of piperazine rings is 1. The lowest BCUT2D eigenvalue weighted by atomic mass is 10.2. The van der Waals surface area contributed by atoms with Gasteiger partial charge in [-0.2, -0.15) is 5.10 Å². The van der Waals surface area contributed by atoms with E-state index in [-0.39, 0.29) is 18.4 Å². The molecule has 166 valence electrons. The monoisotopic (exact) mass is 455 g/mol. The summed E-state index contributed by atoms with van der Waals surface area (Å²) in [6, 6.07) is 13.1. The minimum atomic E-state index is -0.399. The van der Waals surface area contributed by atoms with Gasteiger partial charge in [-0.05, 0) is 49.4 Å². The molecule has 0 radical (unpaired) electrons. The van der Waals surface area contributed by atoms with Gasteiger partial charge >= 0.3 is 0 Å². The highest BCUT2D eigenvalue weighted by molar-refractivity contribution is 6.30. The number of nitrogens with one attached hydrogen (secondary N) is 1. The first-order valence-corrected chi connectivity index (χ1v) is 10.7. The highest BCUT2D eigenvalue weighted by Crippen LogP contribution is 2.19. The molecule has 1 aliphatic rings. The van der Waals surface area contributed by atoms with Gasteiger partial charge in [0.05, 0.1) is 29.7 Å². The first kappa shape index (κ1) is 22.0. The first-order chi connectivity index (χ1) is 15.4. The lowest BCUT2D eigenvalue weighted by molar-refractivity contribution is -0.117. The van der Waals surface area contributed by atoms with Gasteiger partial charge in [0.15, 0.2) is 0 Å². The maximum Gasteiger partial charge on any atom is 0.257 e. The van der Waals surface area contributed by atoms with Crippen molar-refractivity contribution in [3.8, 4) is 5.69 Å². The van der Waals surface area contributed by atoms with Crippen molar-refractivity contribution in [2.45, 2.75) is 6.92 Å². The van der Waals surface area contributed by atoms with E-state index < -0.39 is 5.82 Å². The van der Waals surface area contributed by atoms with E-state index in [0.717, 1.165) is 11.4 Å². The molecule has 1 N–H and O–H groups in total. The van der Waals surface area contributed by atoms with Crippen molar-refractivity contribution in [3.05, 3.63) is 76.8 Å². The summed E-state index contributed by atoms with van der Waals surface area (Å²) in [5.41, 5.74) is 2.57. The van der Waals surface area contributed by atoms with Crippen LogP contribution in [0.15, 0.2) is 54.7 Å². The highest BCUT2D eigenvalue weighted by Gasteiger charge is 2.26. The smallest absolute Gasteiger partial charge is 0.257 e. The van der Waals surface area contributed by atoms with Crippen LogP contribution in [0.5, 0.6) is 0 Å². The van der Waals surface area contributed by atoms with Gasteiger partial charge in [0.2, 0.25) is 5.91 Å². The molecule has 1 aromatic heterocycles. The van der Waals surface area contributed by atoms with E-state index >= 15 is 0 Å². The maximum absolute atomic E-state index is 13.3. The second-order valence-corrected chi connectivity index (χ2v) is 8.10. The quantitative estimate of drug-likeness (QED) is 0.640. The fourth-order valence-corrected chi connectivity index (χ4v) is 3.84. The number of nitrogens with zero attached hydrogens (tertiary/aromatic N) is 4. The summed E-state index contributed by atoms with van der Waals surface area (Å²) in [6.45, 7) is 4.22. The van der Waals surface area contributed by atoms with Gasteiger partial charge in [-0.1, -0.05) is 17.7 Å². The Labute approximate surface area is 190 Å². The van der Waals surface area contributed by atoms with Crippen LogP contribution in [0.3, 0.4) is 0 Å². The molecule has 0 unspecified atom stereocenters. The number of aromatic nitrogens is 2. The highest BCUT2D eigenvalue weighted by atomic mass is 35.5. The molecule has 0 bridgehead atoms. The summed E-state index contributed by atoms with van der Waals surface area (Å²) in [5, 5.41) is 7.70. The molecule has 0 aliphatic carbocycles. The fourth-order valence-electron chi connectivity index (χ4n) is 3.71. The van der Waals surface area contributed by atoms with Crippen molar-refractivity contribution in [1.82, 2.24) is 19.6 Å². The molecule has 4 rings (SSSR count). The Bertz CT molecular complexity index is 1120. The van der Waals surface area contributed by atoms with E-state index in [2.05, 4.69) is 10.4 Å². The van der Waals surface area contributed by atoms with Crippen molar-refractivity contribution in [1.29, 1.82) is 0 Å². The van der Waals surface area contributed by atoms with E-state index in [0.29, 0.717) is 42.5 Å². The molecule has 3 aromatic rings. The van der Waals surface area contributed by atoms with E-state index in [1.165, 1.54) is 12.1 Å². The number of halogens is 2. The topological polar surface area (TPSA) is 70.5 Å². The molecule has 7 nitrogen and oxygen atoms in total. The number of anilines is 1. The summed E-state index contributed by atoms with van der Waals surface area (Å²) >= 11 is 5.95. The van der Waals surface area contributed by atoms with Crippen LogP contribution in [0.1, 0.15) is 16.1 Å². The normalized spacial score (nSPS) is 14.4. The fraction of sp³-hybridized carbons (Fsp3) is 0.261. The number of amides is 2. The number of hydrogen-bond acceptors (Lipinski definition) is 4. The van der Waals surface area contributed by atoms with Crippen molar-refractivity contribution in [2.75, 3.05) is 38.0 Å². The SMILES string of the molecule is Cc1c(C(=O)N2CCN(CC(=O)Nc3cccc(F)c3)CC2)cnn1-c1ccc(Cl)cc1. The van der Waals surface area contributed by atoms with Crippen LogP contribution in [0.25, 0.3) is 5.69 Å². The predicted octanol–water partition coefficient (Wildman–Crippen LogP) is 3.37.